The number of phenolic OH excluding ortho intramolecular Hbond substituents is 2. The Bertz CT molecular complexity index is 572. The average molecular weight is 254 g/mol. The van der Waals surface area contributed by atoms with Crippen molar-refractivity contribution >= 4 is 6.08 Å². The van der Waals surface area contributed by atoms with Crippen molar-refractivity contribution in [1.29, 1.82) is 0 Å². The summed E-state index contributed by atoms with van der Waals surface area (Å²) >= 11 is 0. The maximum absolute atomic E-state index is 10.1. The molecule has 0 amide bonds. The summed E-state index contributed by atoms with van der Waals surface area (Å²) in [5.41, 5.74) is 3.34. The van der Waals surface area contributed by atoms with Crippen LogP contribution in [0.25, 0.3) is 6.08 Å². The van der Waals surface area contributed by atoms with E-state index in [1.807, 2.05) is 49.4 Å². The topological polar surface area (TPSA) is 40.5 Å². The fraction of sp³-hybridized carbons (Fsp3) is 0.176. The second kappa shape index (κ2) is 5.61. The highest BCUT2D eigenvalue weighted by molar-refractivity contribution is 5.54. The molecule has 0 aliphatic carbocycles. The number of aryl methyl sites for hydroxylation is 1. The molecule has 2 heteroatoms. The zero-order valence-electron chi connectivity index (χ0n) is 11.2. The smallest absolute Gasteiger partial charge is 0.122 e. The second-order valence-electron chi connectivity index (χ2n) is 4.68. The lowest BCUT2D eigenvalue weighted by molar-refractivity contribution is 0.448. The standard InChI is InChI=1S/C17H18O2/c1-12-11-16(18)13(2)15(17(12)19)10-6-9-14-7-4-3-5-8-14/h3-9,11,18-19H,10H2,1-2H3/b9-6+. The number of aromatic hydroxyl groups is 2. The number of allylic oxidation sites excluding steroid dienone is 1. The molecule has 0 radical (unpaired) electrons. The monoisotopic (exact) mass is 254 g/mol. The molecule has 0 fully saturated rings. The Balaban J connectivity index is 2.23. The third kappa shape index (κ3) is 2.97. The largest absolute Gasteiger partial charge is 0.508 e. The molecule has 2 rings (SSSR count). The molecule has 0 heterocycles. The van der Waals surface area contributed by atoms with E-state index >= 15 is 0 Å². The van der Waals surface area contributed by atoms with Crippen LogP contribution in [0.4, 0.5) is 0 Å². The van der Waals surface area contributed by atoms with Gasteiger partial charge in [0.25, 0.3) is 0 Å². The number of hydrogen-bond acceptors (Lipinski definition) is 2. The van der Waals surface area contributed by atoms with Crippen molar-refractivity contribution < 1.29 is 10.2 Å². The molecule has 2 aromatic rings. The molecular formula is C17H18O2. The van der Waals surface area contributed by atoms with Crippen molar-refractivity contribution in [3.05, 3.63) is 64.7 Å². The second-order valence-corrected chi connectivity index (χ2v) is 4.68. The minimum Gasteiger partial charge on any atom is -0.508 e. The predicted octanol–water partition coefficient (Wildman–Crippen LogP) is 3.97. The summed E-state index contributed by atoms with van der Waals surface area (Å²) in [6.45, 7) is 3.61. The van der Waals surface area contributed by atoms with Gasteiger partial charge in [0.15, 0.2) is 0 Å². The van der Waals surface area contributed by atoms with Crippen LogP contribution >= 0.6 is 0 Å². The Hall–Kier alpha value is -2.22. The Morgan fingerprint density at radius 3 is 2.42 bits per heavy atom. The highest BCUT2D eigenvalue weighted by atomic mass is 16.3. The van der Waals surface area contributed by atoms with Crippen molar-refractivity contribution in [3.63, 3.8) is 0 Å². The van der Waals surface area contributed by atoms with E-state index in [-0.39, 0.29) is 11.5 Å². The summed E-state index contributed by atoms with van der Waals surface area (Å²) in [5.74, 6) is 0.506. The van der Waals surface area contributed by atoms with Crippen LogP contribution in [-0.4, -0.2) is 10.2 Å². The third-order valence-electron chi connectivity index (χ3n) is 3.28. The van der Waals surface area contributed by atoms with E-state index in [9.17, 15) is 10.2 Å². The van der Waals surface area contributed by atoms with Gasteiger partial charge in [-0.2, -0.15) is 0 Å². The van der Waals surface area contributed by atoms with Gasteiger partial charge in [-0.3, -0.25) is 0 Å². The molecule has 0 aliphatic heterocycles. The minimum atomic E-state index is 0.235. The maximum atomic E-state index is 10.1. The van der Waals surface area contributed by atoms with E-state index in [0.29, 0.717) is 12.0 Å². The molecule has 0 atom stereocenters. The van der Waals surface area contributed by atoms with Crippen LogP contribution in [0.5, 0.6) is 11.5 Å². The first-order valence-electron chi connectivity index (χ1n) is 6.32. The van der Waals surface area contributed by atoms with Crippen molar-refractivity contribution in [2.24, 2.45) is 0 Å². The molecule has 0 saturated carbocycles. The van der Waals surface area contributed by atoms with Crippen LogP contribution in [0.2, 0.25) is 0 Å². The summed E-state index contributed by atoms with van der Waals surface area (Å²) in [4.78, 5) is 0. The van der Waals surface area contributed by atoms with Crippen LogP contribution in [0.3, 0.4) is 0 Å². The van der Waals surface area contributed by atoms with Crippen molar-refractivity contribution in [2.75, 3.05) is 0 Å². The number of hydrogen-bond donors (Lipinski definition) is 2. The number of phenols is 2. The highest BCUT2D eigenvalue weighted by Gasteiger charge is 2.10. The summed E-state index contributed by atoms with van der Waals surface area (Å²) in [7, 11) is 0. The van der Waals surface area contributed by atoms with E-state index in [1.165, 1.54) is 0 Å². The van der Waals surface area contributed by atoms with E-state index in [0.717, 1.165) is 16.7 Å². The van der Waals surface area contributed by atoms with Gasteiger partial charge in [0.1, 0.15) is 11.5 Å². The van der Waals surface area contributed by atoms with Crippen molar-refractivity contribution in [1.82, 2.24) is 0 Å². The van der Waals surface area contributed by atoms with Crippen LogP contribution in [0.15, 0.2) is 42.5 Å². The molecule has 2 aromatic carbocycles. The van der Waals surface area contributed by atoms with Gasteiger partial charge >= 0.3 is 0 Å². The molecule has 2 N–H and O–H groups in total. The van der Waals surface area contributed by atoms with Gasteiger partial charge in [0, 0.05) is 5.56 Å². The lowest BCUT2D eigenvalue weighted by Gasteiger charge is -2.11. The summed E-state index contributed by atoms with van der Waals surface area (Å²) in [6, 6.07) is 11.6. The SMILES string of the molecule is Cc1cc(O)c(C)c(C/C=C/c2ccccc2)c1O. The number of benzene rings is 2. The first kappa shape index (κ1) is 13.2. The first-order valence-corrected chi connectivity index (χ1v) is 6.32. The van der Waals surface area contributed by atoms with Gasteiger partial charge in [-0.05, 0) is 43.0 Å². The zero-order chi connectivity index (χ0) is 13.8. The van der Waals surface area contributed by atoms with E-state index < -0.39 is 0 Å². The van der Waals surface area contributed by atoms with E-state index in [1.54, 1.807) is 13.0 Å². The molecule has 0 unspecified atom stereocenters. The summed E-state index contributed by atoms with van der Waals surface area (Å²) in [5, 5.41) is 19.8. The minimum absolute atomic E-state index is 0.235. The lowest BCUT2D eigenvalue weighted by atomic mass is 9.99. The molecule has 0 saturated heterocycles. The lowest BCUT2D eigenvalue weighted by Crippen LogP contribution is -1.91. The van der Waals surface area contributed by atoms with Crippen LogP contribution in [0.1, 0.15) is 22.3 Å². The van der Waals surface area contributed by atoms with Gasteiger partial charge in [-0.25, -0.2) is 0 Å². The normalized spacial score (nSPS) is 11.1. The Labute approximate surface area is 113 Å². The molecular weight excluding hydrogens is 236 g/mol. The summed E-state index contributed by atoms with van der Waals surface area (Å²) in [6.07, 6.45) is 4.61. The van der Waals surface area contributed by atoms with Gasteiger partial charge in [-0.1, -0.05) is 42.5 Å². The molecule has 0 spiro atoms. The molecule has 98 valence electrons. The third-order valence-corrected chi connectivity index (χ3v) is 3.28. The van der Waals surface area contributed by atoms with Gasteiger partial charge in [0.2, 0.25) is 0 Å². The molecule has 19 heavy (non-hydrogen) atoms. The Kier molecular flexibility index (Phi) is 3.91. The van der Waals surface area contributed by atoms with E-state index in [4.69, 9.17) is 0 Å². The average Bonchev–Trinajstić information content (AvgIpc) is 2.42. The Morgan fingerprint density at radius 1 is 1.05 bits per heavy atom. The number of rotatable bonds is 3. The van der Waals surface area contributed by atoms with Crippen LogP contribution in [0, 0.1) is 13.8 Å². The van der Waals surface area contributed by atoms with Crippen LogP contribution in [-0.2, 0) is 6.42 Å². The molecule has 0 aromatic heterocycles. The quantitative estimate of drug-likeness (QED) is 0.814. The maximum Gasteiger partial charge on any atom is 0.122 e. The molecule has 0 bridgehead atoms. The summed E-state index contributed by atoms with van der Waals surface area (Å²) < 4.78 is 0. The van der Waals surface area contributed by atoms with E-state index in [2.05, 4.69) is 0 Å². The Morgan fingerprint density at radius 2 is 1.74 bits per heavy atom. The van der Waals surface area contributed by atoms with Gasteiger partial charge in [0.05, 0.1) is 0 Å². The fourth-order valence-electron chi connectivity index (χ4n) is 2.08. The van der Waals surface area contributed by atoms with Crippen molar-refractivity contribution in [2.45, 2.75) is 20.3 Å². The predicted molar refractivity (Wildman–Crippen MR) is 78.4 cm³/mol. The molecule has 2 nitrogen and oxygen atoms in total. The van der Waals surface area contributed by atoms with Crippen molar-refractivity contribution in [3.8, 4) is 11.5 Å². The fourth-order valence-corrected chi connectivity index (χ4v) is 2.08. The highest BCUT2D eigenvalue weighted by Crippen LogP contribution is 2.32. The first-order chi connectivity index (χ1) is 9.09. The van der Waals surface area contributed by atoms with Gasteiger partial charge < -0.3 is 10.2 Å². The zero-order valence-corrected chi connectivity index (χ0v) is 11.2. The van der Waals surface area contributed by atoms with Crippen LogP contribution < -0.4 is 0 Å². The molecule has 0 aliphatic rings. The van der Waals surface area contributed by atoms with Gasteiger partial charge in [-0.15, -0.1) is 0 Å².